The second-order valence-electron chi connectivity index (χ2n) is 5.47. The molecule has 132 valence electrons. The van der Waals surface area contributed by atoms with Gasteiger partial charge in [0, 0.05) is 10.0 Å². The van der Waals surface area contributed by atoms with Gasteiger partial charge in [0.2, 0.25) is 0 Å². The number of ether oxygens (including phenoxy) is 1. The summed E-state index contributed by atoms with van der Waals surface area (Å²) in [5, 5.41) is 0. The summed E-state index contributed by atoms with van der Waals surface area (Å²) in [6, 6.07) is 13.1. The van der Waals surface area contributed by atoms with Crippen molar-refractivity contribution in [1.82, 2.24) is 0 Å². The standard InChI is InChI=1S/C18H17BrO5S/c1-13-2-8-16(9-3-13)25(22,23)11-10-18(21)24-12-17(20)14-4-6-15(19)7-5-14/h2-9H,10-12H2,1H3. The molecule has 2 aromatic rings. The monoisotopic (exact) mass is 424 g/mol. The molecule has 0 fully saturated rings. The maximum atomic E-state index is 12.2. The van der Waals surface area contributed by atoms with Crippen LogP contribution >= 0.6 is 15.9 Å². The van der Waals surface area contributed by atoms with E-state index in [0.717, 1.165) is 10.0 Å². The second-order valence-corrected chi connectivity index (χ2v) is 8.50. The first kappa shape index (κ1) is 19.3. The lowest BCUT2D eigenvalue weighted by Crippen LogP contribution is -2.17. The van der Waals surface area contributed by atoms with E-state index in [4.69, 9.17) is 4.74 Å². The Morgan fingerprint density at radius 2 is 1.60 bits per heavy atom. The zero-order chi connectivity index (χ0) is 18.4. The van der Waals surface area contributed by atoms with Crippen LogP contribution in [0.4, 0.5) is 0 Å². The zero-order valence-corrected chi connectivity index (χ0v) is 16.0. The summed E-state index contributed by atoms with van der Waals surface area (Å²) >= 11 is 3.27. The summed E-state index contributed by atoms with van der Waals surface area (Å²) in [6.07, 6.45) is -0.302. The Labute approximate surface area is 155 Å². The minimum atomic E-state index is -3.56. The number of halogens is 1. The van der Waals surface area contributed by atoms with Gasteiger partial charge in [-0.05, 0) is 31.2 Å². The van der Waals surface area contributed by atoms with Gasteiger partial charge in [0.05, 0.1) is 17.1 Å². The number of sulfone groups is 1. The third-order valence-corrected chi connectivity index (χ3v) is 5.75. The van der Waals surface area contributed by atoms with E-state index in [2.05, 4.69) is 15.9 Å². The Kier molecular flexibility index (Phi) is 6.50. The van der Waals surface area contributed by atoms with Crippen LogP contribution in [0.3, 0.4) is 0 Å². The lowest BCUT2D eigenvalue weighted by atomic mass is 10.1. The molecule has 5 nitrogen and oxygen atoms in total. The second kappa shape index (κ2) is 8.40. The predicted molar refractivity (Wildman–Crippen MR) is 97.3 cm³/mol. The number of benzene rings is 2. The number of carbonyl (C=O) groups is 2. The van der Waals surface area contributed by atoms with Crippen LogP contribution in [0.1, 0.15) is 22.3 Å². The van der Waals surface area contributed by atoms with Crippen LogP contribution < -0.4 is 0 Å². The van der Waals surface area contributed by atoms with Crippen LogP contribution in [-0.2, 0) is 19.4 Å². The van der Waals surface area contributed by atoms with Gasteiger partial charge in [0.25, 0.3) is 0 Å². The van der Waals surface area contributed by atoms with Crippen LogP contribution in [0, 0.1) is 6.92 Å². The fraction of sp³-hybridized carbons (Fsp3) is 0.222. The molecule has 0 N–H and O–H groups in total. The number of carbonyl (C=O) groups excluding carboxylic acids is 2. The Morgan fingerprint density at radius 1 is 1.00 bits per heavy atom. The molecule has 0 atom stereocenters. The number of rotatable bonds is 7. The number of hydrogen-bond acceptors (Lipinski definition) is 5. The van der Waals surface area contributed by atoms with Crippen molar-refractivity contribution in [3.63, 3.8) is 0 Å². The zero-order valence-electron chi connectivity index (χ0n) is 13.6. The van der Waals surface area contributed by atoms with Crippen LogP contribution in [-0.4, -0.2) is 32.5 Å². The molecule has 0 aliphatic heterocycles. The van der Waals surface area contributed by atoms with Gasteiger partial charge in [0.1, 0.15) is 0 Å². The van der Waals surface area contributed by atoms with Crippen LogP contribution in [0.5, 0.6) is 0 Å². The Bertz CT molecular complexity index is 855. The van der Waals surface area contributed by atoms with Gasteiger partial charge < -0.3 is 4.74 Å². The first-order valence-corrected chi connectivity index (χ1v) is 9.96. The van der Waals surface area contributed by atoms with E-state index < -0.39 is 22.4 Å². The van der Waals surface area contributed by atoms with Crippen molar-refractivity contribution in [1.29, 1.82) is 0 Å². The average molecular weight is 425 g/mol. The highest BCUT2D eigenvalue weighted by atomic mass is 79.9. The van der Waals surface area contributed by atoms with Crippen LogP contribution in [0.2, 0.25) is 0 Å². The first-order valence-electron chi connectivity index (χ1n) is 7.52. The molecule has 0 spiro atoms. The van der Waals surface area contributed by atoms with E-state index in [1.807, 2.05) is 6.92 Å². The predicted octanol–water partition coefficient (Wildman–Crippen LogP) is 3.35. The molecule has 0 radical (unpaired) electrons. The van der Waals surface area contributed by atoms with Crippen molar-refractivity contribution in [2.75, 3.05) is 12.4 Å². The molecule has 0 aliphatic rings. The van der Waals surface area contributed by atoms with Gasteiger partial charge in [0.15, 0.2) is 22.2 Å². The molecule has 7 heteroatoms. The Morgan fingerprint density at radius 3 is 2.20 bits per heavy atom. The van der Waals surface area contributed by atoms with Gasteiger partial charge in [-0.1, -0.05) is 45.8 Å². The van der Waals surface area contributed by atoms with Crippen molar-refractivity contribution in [3.8, 4) is 0 Å². The number of aryl methyl sites for hydroxylation is 1. The van der Waals surface area contributed by atoms with Crippen molar-refractivity contribution in [2.24, 2.45) is 0 Å². The van der Waals surface area contributed by atoms with E-state index >= 15 is 0 Å². The van der Waals surface area contributed by atoms with Crippen molar-refractivity contribution < 1.29 is 22.7 Å². The molecular formula is C18H17BrO5S. The maximum Gasteiger partial charge on any atom is 0.307 e. The highest BCUT2D eigenvalue weighted by Gasteiger charge is 2.18. The molecule has 2 rings (SSSR count). The molecule has 0 aliphatic carbocycles. The summed E-state index contributed by atoms with van der Waals surface area (Å²) in [7, 11) is -3.56. The largest absolute Gasteiger partial charge is 0.457 e. The lowest BCUT2D eigenvalue weighted by molar-refractivity contribution is -0.142. The molecule has 25 heavy (non-hydrogen) atoms. The SMILES string of the molecule is Cc1ccc(S(=O)(=O)CCC(=O)OCC(=O)c2ccc(Br)cc2)cc1. The number of ketones is 1. The van der Waals surface area contributed by atoms with Gasteiger partial charge in [-0.25, -0.2) is 8.42 Å². The fourth-order valence-electron chi connectivity index (χ4n) is 2.02. The smallest absolute Gasteiger partial charge is 0.307 e. The highest BCUT2D eigenvalue weighted by molar-refractivity contribution is 9.10. The molecule has 0 saturated heterocycles. The van der Waals surface area contributed by atoms with Gasteiger partial charge in [-0.15, -0.1) is 0 Å². The maximum absolute atomic E-state index is 12.2. The Balaban J connectivity index is 1.85. The summed E-state index contributed by atoms with van der Waals surface area (Å²) in [5.41, 5.74) is 1.37. The van der Waals surface area contributed by atoms with Crippen LogP contribution in [0.15, 0.2) is 57.9 Å². The van der Waals surface area contributed by atoms with E-state index in [1.54, 1.807) is 36.4 Å². The average Bonchev–Trinajstić information content (AvgIpc) is 2.59. The molecule has 0 heterocycles. The van der Waals surface area contributed by atoms with Crippen molar-refractivity contribution in [3.05, 3.63) is 64.1 Å². The summed E-state index contributed by atoms with van der Waals surface area (Å²) in [6.45, 7) is 1.45. The summed E-state index contributed by atoms with van der Waals surface area (Å²) < 4.78 is 30.0. The van der Waals surface area contributed by atoms with Gasteiger partial charge in [-0.3, -0.25) is 9.59 Å². The number of Topliss-reactive ketones (excluding diaryl/α,β-unsaturated/α-hetero) is 1. The van der Waals surface area contributed by atoms with Crippen LogP contribution in [0.25, 0.3) is 0 Å². The molecule has 0 amide bonds. The van der Waals surface area contributed by atoms with E-state index in [1.165, 1.54) is 12.1 Å². The molecular weight excluding hydrogens is 408 g/mol. The number of esters is 1. The Hall–Kier alpha value is -1.99. The molecule has 0 bridgehead atoms. The minimum absolute atomic E-state index is 0.164. The van der Waals surface area contributed by atoms with Gasteiger partial charge in [-0.2, -0.15) is 0 Å². The third-order valence-electron chi connectivity index (χ3n) is 3.49. The fourth-order valence-corrected chi connectivity index (χ4v) is 3.50. The summed E-state index contributed by atoms with van der Waals surface area (Å²) in [5.74, 6) is -1.43. The van der Waals surface area contributed by atoms with E-state index in [-0.39, 0.29) is 22.9 Å². The van der Waals surface area contributed by atoms with Crippen molar-refractivity contribution >= 4 is 37.5 Å². The quantitative estimate of drug-likeness (QED) is 0.502. The molecule has 0 unspecified atom stereocenters. The third kappa shape index (κ3) is 5.79. The molecule has 0 aromatic heterocycles. The molecule has 2 aromatic carbocycles. The highest BCUT2D eigenvalue weighted by Crippen LogP contribution is 2.14. The topological polar surface area (TPSA) is 77.5 Å². The number of hydrogen-bond donors (Lipinski definition) is 0. The molecule has 0 saturated carbocycles. The van der Waals surface area contributed by atoms with Crippen molar-refractivity contribution in [2.45, 2.75) is 18.2 Å². The minimum Gasteiger partial charge on any atom is -0.457 e. The first-order chi connectivity index (χ1) is 11.8. The normalized spacial score (nSPS) is 11.1. The lowest BCUT2D eigenvalue weighted by Gasteiger charge is -2.06. The van der Waals surface area contributed by atoms with E-state index in [9.17, 15) is 18.0 Å². The van der Waals surface area contributed by atoms with Gasteiger partial charge >= 0.3 is 5.97 Å². The summed E-state index contributed by atoms with van der Waals surface area (Å²) in [4.78, 5) is 23.8. The van der Waals surface area contributed by atoms with E-state index in [0.29, 0.717) is 5.56 Å².